The number of hydrogen-bond acceptors (Lipinski definition) is 3. The molecule has 1 aromatic heterocycles. The van der Waals surface area contributed by atoms with Gasteiger partial charge in [-0.25, -0.2) is 4.98 Å². The number of H-pyrrole nitrogens is 1. The second-order valence-corrected chi connectivity index (χ2v) is 5.15. The summed E-state index contributed by atoms with van der Waals surface area (Å²) in [6, 6.07) is 11.8. The molecule has 5 heteroatoms. The molecule has 102 valence electrons. The van der Waals surface area contributed by atoms with Gasteiger partial charge in [0.1, 0.15) is 5.82 Å². The zero-order valence-corrected chi connectivity index (χ0v) is 12.7. The van der Waals surface area contributed by atoms with E-state index in [1.807, 2.05) is 36.4 Å². The van der Waals surface area contributed by atoms with E-state index < -0.39 is 0 Å². The van der Waals surface area contributed by atoms with Gasteiger partial charge in [0, 0.05) is 5.56 Å². The van der Waals surface area contributed by atoms with Crippen LogP contribution in [0.2, 0.25) is 0 Å². The van der Waals surface area contributed by atoms with Gasteiger partial charge in [0.05, 0.1) is 29.7 Å². The number of hydrogen-bond donors (Lipinski definition) is 1. The highest BCUT2D eigenvalue weighted by atomic mass is 79.9. The molecule has 1 heterocycles. The van der Waals surface area contributed by atoms with Gasteiger partial charge >= 0.3 is 0 Å². The van der Waals surface area contributed by atoms with Crippen molar-refractivity contribution in [1.29, 1.82) is 0 Å². The number of rotatable bonds is 3. The third-order valence-electron chi connectivity index (χ3n) is 3.10. The van der Waals surface area contributed by atoms with Crippen molar-refractivity contribution in [2.24, 2.45) is 0 Å². The Morgan fingerprint density at radius 1 is 1.10 bits per heavy atom. The zero-order chi connectivity index (χ0) is 14.1. The van der Waals surface area contributed by atoms with Crippen molar-refractivity contribution in [3.63, 3.8) is 0 Å². The quantitative estimate of drug-likeness (QED) is 0.788. The Morgan fingerprint density at radius 2 is 1.90 bits per heavy atom. The lowest BCUT2D eigenvalue weighted by Gasteiger charge is -2.10. The Labute approximate surface area is 124 Å². The van der Waals surface area contributed by atoms with E-state index in [-0.39, 0.29) is 0 Å². The van der Waals surface area contributed by atoms with E-state index in [1.165, 1.54) is 0 Å². The minimum absolute atomic E-state index is 0.664. The van der Waals surface area contributed by atoms with Crippen molar-refractivity contribution < 1.29 is 9.47 Å². The predicted octanol–water partition coefficient (Wildman–Crippen LogP) is 4.01. The highest BCUT2D eigenvalue weighted by Crippen LogP contribution is 2.39. The summed E-state index contributed by atoms with van der Waals surface area (Å²) in [6.45, 7) is 0. The second-order valence-electron chi connectivity index (χ2n) is 4.30. The molecule has 0 aliphatic heterocycles. The first-order chi connectivity index (χ1) is 9.72. The molecule has 0 amide bonds. The summed E-state index contributed by atoms with van der Waals surface area (Å²) in [5.41, 5.74) is 2.88. The van der Waals surface area contributed by atoms with E-state index in [9.17, 15) is 0 Å². The van der Waals surface area contributed by atoms with Crippen LogP contribution in [0.15, 0.2) is 40.9 Å². The molecule has 0 saturated heterocycles. The Morgan fingerprint density at radius 3 is 2.60 bits per heavy atom. The first-order valence-corrected chi connectivity index (χ1v) is 6.89. The fourth-order valence-electron chi connectivity index (χ4n) is 2.14. The summed E-state index contributed by atoms with van der Waals surface area (Å²) >= 11 is 3.49. The van der Waals surface area contributed by atoms with Crippen LogP contribution in [-0.4, -0.2) is 24.2 Å². The van der Waals surface area contributed by atoms with Crippen LogP contribution in [0.25, 0.3) is 22.4 Å². The third kappa shape index (κ3) is 2.14. The monoisotopic (exact) mass is 332 g/mol. The predicted molar refractivity (Wildman–Crippen MR) is 82.3 cm³/mol. The number of fused-ring (bicyclic) bond motifs is 1. The molecule has 0 spiro atoms. The number of aromatic amines is 1. The summed E-state index contributed by atoms with van der Waals surface area (Å²) in [5.74, 6) is 2.14. The van der Waals surface area contributed by atoms with E-state index in [4.69, 9.17) is 9.47 Å². The summed E-state index contributed by atoms with van der Waals surface area (Å²) < 4.78 is 11.5. The van der Waals surface area contributed by atoms with Gasteiger partial charge in [-0.05, 0) is 40.2 Å². The van der Waals surface area contributed by atoms with Crippen molar-refractivity contribution in [3.05, 3.63) is 40.9 Å². The van der Waals surface area contributed by atoms with E-state index in [2.05, 4.69) is 25.9 Å². The van der Waals surface area contributed by atoms with Gasteiger partial charge in [-0.3, -0.25) is 0 Å². The lowest BCUT2D eigenvalue weighted by Crippen LogP contribution is -1.93. The molecule has 0 bridgehead atoms. The SMILES string of the molecule is COc1cc(-c2nc3ccccc3[nH]2)cc(Br)c1OC. The molecule has 0 aliphatic rings. The lowest BCUT2D eigenvalue weighted by atomic mass is 10.2. The van der Waals surface area contributed by atoms with Crippen molar-refractivity contribution in [1.82, 2.24) is 9.97 Å². The van der Waals surface area contributed by atoms with Crippen LogP contribution in [0.4, 0.5) is 0 Å². The average Bonchev–Trinajstić information content (AvgIpc) is 2.90. The van der Waals surface area contributed by atoms with Gasteiger partial charge in [0.2, 0.25) is 0 Å². The molecule has 0 aliphatic carbocycles. The number of methoxy groups -OCH3 is 2. The van der Waals surface area contributed by atoms with Crippen LogP contribution in [-0.2, 0) is 0 Å². The molecule has 0 fully saturated rings. The molecular formula is C15H13BrN2O2. The number of ether oxygens (including phenoxy) is 2. The number of imidazole rings is 1. The fourth-order valence-corrected chi connectivity index (χ4v) is 2.75. The molecular weight excluding hydrogens is 320 g/mol. The molecule has 0 unspecified atom stereocenters. The van der Waals surface area contributed by atoms with Crippen LogP contribution < -0.4 is 9.47 Å². The van der Waals surface area contributed by atoms with Crippen LogP contribution in [0.1, 0.15) is 0 Å². The average molecular weight is 333 g/mol. The van der Waals surface area contributed by atoms with Crippen LogP contribution >= 0.6 is 15.9 Å². The highest BCUT2D eigenvalue weighted by Gasteiger charge is 2.13. The highest BCUT2D eigenvalue weighted by molar-refractivity contribution is 9.10. The van der Waals surface area contributed by atoms with Gasteiger partial charge in [-0.1, -0.05) is 12.1 Å². The number of nitrogens with one attached hydrogen (secondary N) is 1. The van der Waals surface area contributed by atoms with Crippen molar-refractivity contribution >= 4 is 27.0 Å². The molecule has 1 N–H and O–H groups in total. The summed E-state index contributed by atoms with van der Waals surface area (Å²) in [4.78, 5) is 7.88. The molecule has 20 heavy (non-hydrogen) atoms. The van der Waals surface area contributed by atoms with Gasteiger partial charge in [0.25, 0.3) is 0 Å². The number of benzene rings is 2. The molecule has 0 radical (unpaired) electrons. The summed E-state index contributed by atoms with van der Waals surface area (Å²) in [7, 11) is 3.23. The van der Waals surface area contributed by atoms with Gasteiger partial charge in [-0.15, -0.1) is 0 Å². The van der Waals surface area contributed by atoms with Gasteiger partial charge < -0.3 is 14.5 Å². The van der Waals surface area contributed by atoms with Crippen molar-refractivity contribution in [3.8, 4) is 22.9 Å². The molecule has 3 aromatic rings. The standard InChI is InChI=1S/C15H13BrN2O2/c1-19-13-8-9(7-10(16)14(13)20-2)15-17-11-5-3-4-6-12(11)18-15/h3-8H,1-2H3,(H,17,18). The molecule has 3 rings (SSSR count). The lowest BCUT2D eigenvalue weighted by molar-refractivity contribution is 0.353. The topological polar surface area (TPSA) is 47.1 Å². The minimum Gasteiger partial charge on any atom is -0.493 e. The normalized spacial score (nSPS) is 10.8. The molecule has 0 saturated carbocycles. The van der Waals surface area contributed by atoms with E-state index in [0.29, 0.717) is 11.5 Å². The Bertz CT molecular complexity index is 735. The molecule has 4 nitrogen and oxygen atoms in total. The van der Waals surface area contributed by atoms with Crippen LogP contribution in [0, 0.1) is 0 Å². The number of aromatic nitrogens is 2. The maximum atomic E-state index is 5.36. The number of halogens is 1. The molecule has 0 atom stereocenters. The van der Waals surface area contributed by atoms with E-state index in [0.717, 1.165) is 26.9 Å². The fraction of sp³-hybridized carbons (Fsp3) is 0.133. The largest absolute Gasteiger partial charge is 0.493 e. The Kier molecular flexibility index (Phi) is 3.36. The first kappa shape index (κ1) is 13.0. The number of nitrogens with zero attached hydrogens (tertiary/aromatic N) is 1. The van der Waals surface area contributed by atoms with E-state index in [1.54, 1.807) is 14.2 Å². The maximum Gasteiger partial charge on any atom is 0.174 e. The van der Waals surface area contributed by atoms with Crippen molar-refractivity contribution in [2.75, 3.05) is 14.2 Å². The van der Waals surface area contributed by atoms with Crippen LogP contribution in [0.3, 0.4) is 0 Å². The summed E-state index contributed by atoms with van der Waals surface area (Å²) in [5, 5.41) is 0. The second kappa shape index (κ2) is 5.17. The molecule has 2 aromatic carbocycles. The van der Waals surface area contributed by atoms with Crippen LogP contribution in [0.5, 0.6) is 11.5 Å². The first-order valence-electron chi connectivity index (χ1n) is 6.09. The van der Waals surface area contributed by atoms with Crippen molar-refractivity contribution in [2.45, 2.75) is 0 Å². The van der Waals surface area contributed by atoms with E-state index >= 15 is 0 Å². The van der Waals surface area contributed by atoms with Gasteiger partial charge in [-0.2, -0.15) is 0 Å². The number of para-hydroxylation sites is 2. The zero-order valence-electron chi connectivity index (χ0n) is 11.1. The Balaban J connectivity index is 2.16. The Hall–Kier alpha value is -2.01. The van der Waals surface area contributed by atoms with Gasteiger partial charge in [0.15, 0.2) is 11.5 Å². The smallest absolute Gasteiger partial charge is 0.174 e. The minimum atomic E-state index is 0.664. The summed E-state index contributed by atoms with van der Waals surface area (Å²) in [6.07, 6.45) is 0. The maximum absolute atomic E-state index is 5.36. The third-order valence-corrected chi connectivity index (χ3v) is 3.69.